The zero-order valence-corrected chi connectivity index (χ0v) is 24.5. The molecule has 0 saturated heterocycles. The minimum Gasteiger partial charge on any atom is 1.00 e. The number of aliphatic imine (C=N–C) groups is 2. The number of carbonyl (C=O) groups is 1. The summed E-state index contributed by atoms with van der Waals surface area (Å²) in [6, 6.07) is 13.8. The summed E-state index contributed by atoms with van der Waals surface area (Å²) < 4.78 is 0. The molecule has 7 nitrogen and oxygen atoms in total. The molecule has 0 heterocycles. The first-order valence-electron chi connectivity index (χ1n) is 9.89. The summed E-state index contributed by atoms with van der Waals surface area (Å²) in [6.07, 6.45) is 6.36. The number of hydrogen-bond donors (Lipinski definition) is 3. The molecule has 3 N–H and O–H groups in total. The Morgan fingerprint density at radius 3 is 1.95 bits per heavy atom. The molecule has 0 bridgehead atoms. The van der Waals surface area contributed by atoms with Crippen molar-refractivity contribution >= 4 is 92.3 Å². The summed E-state index contributed by atoms with van der Waals surface area (Å²) in [4.78, 5) is 21.2. The van der Waals surface area contributed by atoms with Gasteiger partial charge in [0.2, 0.25) is 0 Å². The predicted molar refractivity (Wildman–Crippen MR) is 151 cm³/mol. The minimum atomic E-state index is -0.230. The van der Waals surface area contributed by atoms with Crippen molar-refractivity contribution in [3.8, 4) is 0 Å². The molecule has 2 aromatic rings. The second-order valence-electron chi connectivity index (χ2n) is 6.84. The largest absolute Gasteiger partial charge is 1.00 e. The van der Waals surface area contributed by atoms with Gasteiger partial charge in [0.15, 0.2) is 5.78 Å². The molecule has 0 aliphatic heterocycles. The molecule has 14 heteroatoms. The van der Waals surface area contributed by atoms with Gasteiger partial charge in [0.05, 0.1) is 17.6 Å². The topological polar surface area (TPSA) is 90.2 Å². The van der Waals surface area contributed by atoms with E-state index in [2.05, 4.69) is 56.6 Å². The van der Waals surface area contributed by atoms with Gasteiger partial charge in [0.25, 0.3) is 0 Å². The zero-order chi connectivity index (χ0) is 26.5. The Hall–Kier alpha value is -1.91. The van der Waals surface area contributed by atoms with E-state index in [1.165, 1.54) is 12.4 Å². The Morgan fingerprint density at radius 2 is 1.41 bits per heavy atom. The van der Waals surface area contributed by atoms with E-state index in [4.69, 9.17) is 48.5 Å². The van der Waals surface area contributed by atoms with Crippen molar-refractivity contribution < 1.29 is 37.0 Å². The Kier molecular flexibility index (Phi) is 15.7. The van der Waals surface area contributed by atoms with Crippen molar-refractivity contribution in [2.24, 2.45) is 15.1 Å². The van der Waals surface area contributed by atoms with Gasteiger partial charge in [-0.3, -0.25) is 20.2 Å². The molecule has 0 unspecified atom stereocenters. The van der Waals surface area contributed by atoms with Gasteiger partial charge in [0.1, 0.15) is 0 Å². The standard InChI is InChI=1S/C23H20Cl2N6OS2.ClH.2Cu/c1-14-10-15(12-26-30-22(33)28-19-6-2-17(24)3-7-19)21(32)16(11-14)13-27-31-23(34)29-20-8-4-18(25)5-9-20;;;/h2-13,26H,1H3,(H2,28,30,33)(H2,29,31,34);1H;;/q;;+1;+2/p-3/b15-12-,27-13-;;;. The molecular weight excluding hydrogens is 674 g/mol. The number of halogens is 3. The molecular formula is C23H18Cl3Cu2N6OS2. The number of Topliss-reactive ketones (excluding diaryl/α,β-unsaturated/α-hetero) is 1. The van der Waals surface area contributed by atoms with Crippen LogP contribution >= 0.6 is 33.3 Å². The van der Waals surface area contributed by atoms with Crippen LogP contribution in [0, 0.1) is 0 Å². The number of hydrazine groups is 1. The smallest absolute Gasteiger partial charge is 1.00 e. The first kappa shape index (κ1) is 33.1. The fourth-order valence-corrected chi connectivity index (χ4v) is 3.26. The third-order valence-corrected chi connectivity index (χ3v) is 5.06. The Morgan fingerprint density at radius 1 is 0.892 bits per heavy atom. The maximum absolute atomic E-state index is 12.8. The van der Waals surface area contributed by atoms with Crippen molar-refractivity contribution in [1.29, 1.82) is 0 Å². The second-order valence-corrected chi connectivity index (χ2v) is 8.49. The molecule has 0 radical (unpaired) electrons. The van der Waals surface area contributed by atoms with Crippen LogP contribution in [0.3, 0.4) is 0 Å². The number of carbonyl (C=O) groups excluding carboxylic acids is 1. The van der Waals surface area contributed by atoms with Crippen LogP contribution in [-0.2, 0) is 62.2 Å². The van der Waals surface area contributed by atoms with E-state index in [1.54, 1.807) is 60.7 Å². The number of allylic oxidation sites excluding steroid dienone is 5. The monoisotopic (exact) mass is 689 g/mol. The quantitative estimate of drug-likeness (QED) is 0.0933. The number of amidine groups is 2. The number of nitrogens with zero attached hydrogens (tertiary/aromatic N) is 3. The molecule has 0 amide bonds. The Balaban J connectivity index is 0.00000223. The summed E-state index contributed by atoms with van der Waals surface area (Å²) in [7, 11) is 4.20. The summed E-state index contributed by atoms with van der Waals surface area (Å²) in [5.74, 6) is -0.230. The zero-order valence-electron chi connectivity index (χ0n) is 18.7. The molecule has 0 spiro atoms. The van der Waals surface area contributed by atoms with Crippen LogP contribution in [0.25, 0.3) is 0 Å². The molecule has 2 aromatic carbocycles. The number of hydrazone groups is 1. The van der Waals surface area contributed by atoms with E-state index >= 15 is 0 Å². The van der Waals surface area contributed by atoms with E-state index in [0.717, 1.165) is 5.57 Å². The first-order valence-corrected chi connectivity index (χ1v) is 12.8. The first-order chi connectivity index (χ1) is 17.3. The SMILES string of the molecule is CC1=C/C(=C/NNC([S-])=Nc2ccc(Cl)cc2)C(=O)C(/C=N\NC([S-])=Nc2ccc(Cl)cc2)=C1.[Cl][Cu+].[Cu+]. The maximum Gasteiger partial charge on any atom is 1.00 e. The number of benzene rings is 2. The second kappa shape index (κ2) is 17.6. The minimum absolute atomic E-state index is 0. The van der Waals surface area contributed by atoms with Crippen molar-refractivity contribution in [3.05, 3.63) is 93.6 Å². The fraction of sp³-hybridized carbons (Fsp3) is 0.0435. The van der Waals surface area contributed by atoms with Gasteiger partial charge in [0, 0.05) is 32.6 Å². The molecule has 1 aliphatic carbocycles. The van der Waals surface area contributed by atoms with Crippen molar-refractivity contribution in [2.75, 3.05) is 0 Å². The average molecular weight is 692 g/mol. The van der Waals surface area contributed by atoms with Gasteiger partial charge in [-0.05, 0) is 78.3 Å². The number of rotatable bonds is 6. The normalized spacial score (nSPS) is 14.8. The third-order valence-electron chi connectivity index (χ3n) is 4.18. The van der Waals surface area contributed by atoms with E-state index in [1.807, 2.05) is 6.92 Å². The van der Waals surface area contributed by atoms with E-state index in [-0.39, 0.29) is 33.2 Å². The molecule has 0 atom stereocenters. The average Bonchev–Trinajstić information content (AvgIpc) is 2.86. The summed E-state index contributed by atoms with van der Waals surface area (Å²) in [5.41, 5.74) is 11.1. The number of hydrogen-bond acceptors (Lipinski definition) is 7. The number of nitrogens with one attached hydrogen (secondary N) is 3. The molecule has 0 fully saturated rings. The maximum atomic E-state index is 12.8. The van der Waals surface area contributed by atoms with Crippen LogP contribution in [0.2, 0.25) is 10.0 Å². The van der Waals surface area contributed by atoms with Crippen molar-refractivity contribution in [1.82, 2.24) is 16.3 Å². The molecule has 1 aliphatic rings. The summed E-state index contributed by atoms with van der Waals surface area (Å²) >= 11 is 25.7. The molecule has 3 rings (SSSR count). The van der Waals surface area contributed by atoms with Gasteiger partial charge in [-0.1, -0.05) is 23.2 Å². The summed E-state index contributed by atoms with van der Waals surface area (Å²) in [6.45, 7) is 1.87. The van der Waals surface area contributed by atoms with Crippen LogP contribution in [0.4, 0.5) is 11.4 Å². The van der Waals surface area contributed by atoms with E-state index in [0.29, 0.717) is 32.6 Å². The van der Waals surface area contributed by atoms with Gasteiger partial charge in [-0.25, -0.2) is 0 Å². The van der Waals surface area contributed by atoms with Crippen LogP contribution in [-0.4, -0.2) is 22.3 Å². The molecule has 37 heavy (non-hydrogen) atoms. The van der Waals surface area contributed by atoms with Gasteiger partial charge < -0.3 is 36.1 Å². The summed E-state index contributed by atoms with van der Waals surface area (Å²) in [5, 5.41) is 5.59. The van der Waals surface area contributed by atoms with Crippen LogP contribution in [0.1, 0.15) is 6.92 Å². The predicted octanol–water partition coefficient (Wildman–Crippen LogP) is 5.46. The molecule has 0 saturated carbocycles. The van der Waals surface area contributed by atoms with E-state index < -0.39 is 0 Å². The van der Waals surface area contributed by atoms with Crippen LogP contribution in [0.5, 0.6) is 0 Å². The van der Waals surface area contributed by atoms with Gasteiger partial charge in [-0.2, -0.15) is 5.10 Å². The third kappa shape index (κ3) is 12.0. The van der Waals surface area contributed by atoms with E-state index in [9.17, 15) is 4.79 Å². The molecule has 201 valence electrons. The van der Waals surface area contributed by atoms with Crippen molar-refractivity contribution in [2.45, 2.75) is 6.92 Å². The number of ketones is 1. The van der Waals surface area contributed by atoms with Crippen molar-refractivity contribution in [3.63, 3.8) is 0 Å². The van der Waals surface area contributed by atoms with Gasteiger partial charge in [-0.15, -0.1) is 0 Å². The Bertz CT molecular complexity index is 1250. The van der Waals surface area contributed by atoms with Gasteiger partial charge >= 0.3 is 42.3 Å². The fourth-order valence-electron chi connectivity index (χ4n) is 2.68. The van der Waals surface area contributed by atoms with Crippen LogP contribution < -0.4 is 16.3 Å². The Labute approximate surface area is 259 Å². The molecule has 0 aromatic heterocycles. The van der Waals surface area contributed by atoms with Crippen LogP contribution in [0.15, 0.2) is 98.7 Å².